The molecule has 0 unspecified atom stereocenters. The first-order valence-corrected chi connectivity index (χ1v) is 4.65. The third kappa shape index (κ3) is 2.03. The van der Waals surface area contributed by atoms with Crippen LogP contribution in [0.2, 0.25) is 0 Å². The maximum Gasteiger partial charge on any atom is 0.0490 e. The molecule has 0 amide bonds. The molecule has 0 saturated heterocycles. The first-order chi connectivity index (χ1) is 6.86. The van der Waals surface area contributed by atoms with Gasteiger partial charge in [0.05, 0.1) is 0 Å². The maximum atomic E-state index is 3.89. The fraction of sp³-hybridized carbons (Fsp3) is 0.300. The van der Waals surface area contributed by atoms with Gasteiger partial charge in [0.15, 0.2) is 0 Å². The number of nitrogens with zero attached hydrogens (tertiary/aromatic N) is 2. The Balaban J connectivity index is 1.81. The van der Waals surface area contributed by atoms with Crippen molar-refractivity contribution < 1.29 is 0 Å². The summed E-state index contributed by atoms with van der Waals surface area (Å²) in [6.45, 7) is 1.70. The molecule has 0 atom stereocenters. The molecule has 0 aliphatic heterocycles. The van der Waals surface area contributed by atoms with Crippen LogP contribution in [-0.2, 0) is 20.1 Å². The Morgan fingerprint density at radius 2 is 2.36 bits per heavy atom. The molecule has 14 heavy (non-hydrogen) atoms. The largest absolute Gasteiger partial charge is 0.353 e. The molecule has 0 aliphatic rings. The number of rotatable bonds is 4. The summed E-state index contributed by atoms with van der Waals surface area (Å²) < 4.78 is 2.11. The van der Waals surface area contributed by atoms with Crippen LogP contribution in [0, 0.1) is 0 Å². The van der Waals surface area contributed by atoms with Crippen LogP contribution >= 0.6 is 0 Å². The Hall–Kier alpha value is -1.55. The molecule has 2 heterocycles. The predicted octanol–water partition coefficient (Wildman–Crippen LogP) is 1.04. The standard InChI is InChI=1S/C10H14N4/c1-14-6-2-3-10(14)8-11-7-9-4-5-12-13-9/h2-6,11H,7-8H2,1H3,(H,12,13). The zero-order chi connectivity index (χ0) is 9.80. The fourth-order valence-electron chi connectivity index (χ4n) is 1.39. The van der Waals surface area contributed by atoms with Gasteiger partial charge in [-0.05, 0) is 18.2 Å². The summed E-state index contributed by atoms with van der Waals surface area (Å²) in [6, 6.07) is 6.13. The van der Waals surface area contributed by atoms with E-state index in [1.165, 1.54) is 5.69 Å². The number of nitrogens with one attached hydrogen (secondary N) is 2. The summed E-state index contributed by atoms with van der Waals surface area (Å²) in [6.07, 6.45) is 3.81. The van der Waals surface area contributed by atoms with Gasteiger partial charge >= 0.3 is 0 Å². The number of hydrogen-bond donors (Lipinski definition) is 2. The zero-order valence-corrected chi connectivity index (χ0v) is 8.20. The zero-order valence-electron chi connectivity index (χ0n) is 8.20. The third-order valence-electron chi connectivity index (χ3n) is 2.23. The van der Waals surface area contributed by atoms with E-state index in [1.807, 2.05) is 25.4 Å². The highest BCUT2D eigenvalue weighted by Gasteiger charge is 1.96. The van der Waals surface area contributed by atoms with Crippen LogP contribution < -0.4 is 5.32 Å². The van der Waals surface area contributed by atoms with Gasteiger partial charge < -0.3 is 9.88 Å². The minimum Gasteiger partial charge on any atom is -0.353 e. The van der Waals surface area contributed by atoms with Gasteiger partial charge in [-0.2, -0.15) is 5.10 Å². The molecular formula is C10H14N4. The van der Waals surface area contributed by atoms with E-state index in [0.29, 0.717) is 0 Å². The van der Waals surface area contributed by atoms with Gasteiger partial charge in [0.25, 0.3) is 0 Å². The normalized spacial score (nSPS) is 10.6. The summed E-state index contributed by atoms with van der Waals surface area (Å²) >= 11 is 0. The molecule has 2 aromatic heterocycles. The van der Waals surface area contributed by atoms with E-state index in [4.69, 9.17) is 0 Å². The highest BCUT2D eigenvalue weighted by atomic mass is 15.1. The lowest BCUT2D eigenvalue weighted by Crippen LogP contribution is -2.14. The average Bonchev–Trinajstić information content (AvgIpc) is 2.78. The van der Waals surface area contributed by atoms with Gasteiger partial charge in [0.1, 0.15) is 0 Å². The van der Waals surface area contributed by atoms with Crippen molar-refractivity contribution in [1.82, 2.24) is 20.1 Å². The molecule has 2 N–H and O–H groups in total. The van der Waals surface area contributed by atoms with E-state index < -0.39 is 0 Å². The van der Waals surface area contributed by atoms with E-state index in [1.54, 1.807) is 6.20 Å². The van der Waals surface area contributed by atoms with Crippen LogP contribution in [0.3, 0.4) is 0 Å². The lowest BCUT2D eigenvalue weighted by Gasteiger charge is -2.04. The molecule has 74 valence electrons. The Morgan fingerprint density at radius 1 is 1.43 bits per heavy atom. The van der Waals surface area contributed by atoms with Crippen molar-refractivity contribution in [2.75, 3.05) is 0 Å². The highest BCUT2D eigenvalue weighted by Crippen LogP contribution is 1.99. The Morgan fingerprint density at radius 3 is 3.00 bits per heavy atom. The quantitative estimate of drug-likeness (QED) is 0.756. The Bertz CT molecular complexity index is 374. The van der Waals surface area contributed by atoms with E-state index >= 15 is 0 Å². The molecular weight excluding hydrogens is 176 g/mol. The van der Waals surface area contributed by atoms with Gasteiger partial charge in [0, 0.05) is 43.9 Å². The van der Waals surface area contributed by atoms with E-state index in [0.717, 1.165) is 18.8 Å². The number of aryl methyl sites for hydroxylation is 1. The first-order valence-electron chi connectivity index (χ1n) is 4.65. The van der Waals surface area contributed by atoms with Crippen LogP contribution in [0.15, 0.2) is 30.6 Å². The van der Waals surface area contributed by atoms with Gasteiger partial charge in [-0.25, -0.2) is 0 Å². The summed E-state index contributed by atoms with van der Waals surface area (Å²) in [4.78, 5) is 0. The van der Waals surface area contributed by atoms with Crippen LogP contribution in [0.25, 0.3) is 0 Å². The Labute approximate surface area is 82.9 Å². The second-order valence-electron chi connectivity index (χ2n) is 3.30. The summed E-state index contributed by atoms with van der Waals surface area (Å²) in [7, 11) is 2.05. The molecule has 0 spiro atoms. The number of hydrogen-bond acceptors (Lipinski definition) is 2. The molecule has 0 aromatic carbocycles. The Kier molecular flexibility index (Phi) is 2.65. The van der Waals surface area contributed by atoms with E-state index in [2.05, 4.69) is 26.1 Å². The molecule has 0 aliphatic carbocycles. The minimum absolute atomic E-state index is 0.825. The van der Waals surface area contributed by atoms with Crippen molar-refractivity contribution in [3.05, 3.63) is 42.0 Å². The molecule has 2 rings (SSSR count). The molecule has 0 fully saturated rings. The first kappa shape index (κ1) is 9.02. The SMILES string of the molecule is Cn1cccc1CNCc1ccn[nH]1. The fourth-order valence-corrected chi connectivity index (χ4v) is 1.39. The van der Waals surface area contributed by atoms with E-state index in [-0.39, 0.29) is 0 Å². The minimum atomic E-state index is 0.825. The monoisotopic (exact) mass is 190 g/mol. The summed E-state index contributed by atoms with van der Waals surface area (Å²) in [5.74, 6) is 0. The predicted molar refractivity (Wildman–Crippen MR) is 54.5 cm³/mol. The molecule has 2 aromatic rings. The molecule has 0 bridgehead atoms. The van der Waals surface area contributed by atoms with Gasteiger partial charge in [-0.3, -0.25) is 5.10 Å². The second kappa shape index (κ2) is 4.11. The van der Waals surface area contributed by atoms with Crippen molar-refractivity contribution in [1.29, 1.82) is 0 Å². The number of aromatic amines is 1. The maximum absolute atomic E-state index is 3.89. The van der Waals surface area contributed by atoms with Crippen molar-refractivity contribution in [3.8, 4) is 0 Å². The van der Waals surface area contributed by atoms with Crippen LogP contribution in [0.5, 0.6) is 0 Å². The number of aromatic nitrogens is 3. The van der Waals surface area contributed by atoms with Crippen molar-refractivity contribution in [2.24, 2.45) is 7.05 Å². The van der Waals surface area contributed by atoms with Crippen LogP contribution in [0.4, 0.5) is 0 Å². The molecule has 0 radical (unpaired) electrons. The summed E-state index contributed by atoms with van der Waals surface area (Å²) in [5, 5.41) is 10.1. The molecule has 0 saturated carbocycles. The smallest absolute Gasteiger partial charge is 0.0490 e. The molecule has 4 heteroatoms. The van der Waals surface area contributed by atoms with Gasteiger partial charge in [-0.1, -0.05) is 0 Å². The highest BCUT2D eigenvalue weighted by molar-refractivity contribution is 5.06. The average molecular weight is 190 g/mol. The van der Waals surface area contributed by atoms with Crippen molar-refractivity contribution >= 4 is 0 Å². The number of H-pyrrole nitrogens is 1. The van der Waals surface area contributed by atoms with Crippen molar-refractivity contribution in [3.63, 3.8) is 0 Å². The second-order valence-corrected chi connectivity index (χ2v) is 3.30. The van der Waals surface area contributed by atoms with E-state index in [9.17, 15) is 0 Å². The lowest BCUT2D eigenvalue weighted by atomic mass is 10.4. The third-order valence-corrected chi connectivity index (χ3v) is 2.23. The van der Waals surface area contributed by atoms with Crippen molar-refractivity contribution in [2.45, 2.75) is 13.1 Å². The summed E-state index contributed by atoms with van der Waals surface area (Å²) in [5.41, 5.74) is 2.39. The lowest BCUT2D eigenvalue weighted by molar-refractivity contribution is 0.644. The van der Waals surface area contributed by atoms with Crippen LogP contribution in [-0.4, -0.2) is 14.8 Å². The van der Waals surface area contributed by atoms with Crippen LogP contribution in [0.1, 0.15) is 11.4 Å². The molecule has 4 nitrogen and oxygen atoms in total. The van der Waals surface area contributed by atoms with Gasteiger partial charge in [0.2, 0.25) is 0 Å². The van der Waals surface area contributed by atoms with Gasteiger partial charge in [-0.15, -0.1) is 0 Å². The topological polar surface area (TPSA) is 45.6 Å².